The molecule has 1 rings (SSSR count). The zero-order valence-corrected chi connectivity index (χ0v) is 7.33. The molecule has 0 radical (unpaired) electrons. The van der Waals surface area contributed by atoms with Crippen molar-refractivity contribution in [1.82, 2.24) is 0 Å². The van der Waals surface area contributed by atoms with E-state index in [2.05, 4.69) is 4.93 Å². The van der Waals surface area contributed by atoms with Gasteiger partial charge in [-0.05, 0) is 0 Å². The first-order valence-electron chi connectivity index (χ1n) is 2.65. The summed E-state index contributed by atoms with van der Waals surface area (Å²) in [6.07, 6.45) is 0. The van der Waals surface area contributed by atoms with Crippen LogP contribution in [0.15, 0.2) is 30.3 Å². The molecule has 0 saturated carbocycles. The first kappa shape index (κ1) is 6.86. The van der Waals surface area contributed by atoms with E-state index < -0.39 is 0 Å². The van der Waals surface area contributed by atoms with Gasteiger partial charge < -0.3 is 0 Å². The molecule has 1 aromatic carbocycles. The van der Waals surface area contributed by atoms with Crippen molar-refractivity contribution in [3.8, 4) is 5.75 Å². The van der Waals surface area contributed by atoms with E-state index in [0.29, 0.717) is 0 Å². The fourth-order valence-corrected chi connectivity index (χ4v) is 1.36. The summed E-state index contributed by atoms with van der Waals surface area (Å²) in [5, 5.41) is 0. The molecule has 0 N–H and O–H groups in total. The Morgan fingerprint density at radius 3 is 2.44 bits per heavy atom. The summed E-state index contributed by atoms with van der Waals surface area (Å²) in [6.45, 7) is 0. The molecule has 1 nitrogen and oxygen atoms in total. The predicted molar refractivity (Wildman–Crippen MR) is 33.0 cm³/mol. The Morgan fingerprint density at radius 2 is 1.89 bits per heavy atom. The zero-order valence-electron chi connectivity index (χ0n) is 5.17. The van der Waals surface area contributed by atoms with Gasteiger partial charge in [0.2, 0.25) is 0 Å². The molecule has 0 amide bonds. The summed E-state index contributed by atoms with van der Waals surface area (Å²) < 4.78 is 5.32. The van der Waals surface area contributed by atoms with Gasteiger partial charge in [0, 0.05) is 0 Å². The van der Waals surface area contributed by atoms with Gasteiger partial charge in [0.15, 0.2) is 0 Å². The van der Waals surface area contributed by atoms with Gasteiger partial charge in [-0.3, -0.25) is 0 Å². The molecule has 0 heterocycles. The van der Waals surface area contributed by atoms with Crippen LogP contribution in [0.2, 0.25) is 0 Å². The molecule has 0 unspecified atom stereocenters. The molecule has 9 heavy (non-hydrogen) atoms. The van der Waals surface area contributed by atoms with Crippen LogP contribution in [0, 0.1) is 0 Å². The standard InChI is InChI=1S/C7H8IO/c1-8-9-7-5-3-2-4-6-7/h2-6H,1H3/q-1. The van der Waals surface area contributed by atoms with Crippen molar-refractivity contribution >= 4 is 0 Å². The number of halogens is 1. The van der Waals surface area contributed by atoms with Gasteiger partial charge in [-0.1, -0.05) is 0 Å². The van der Waals surface area contributed by atoms with Crippen LogP contribution >= 0.6 is 0 Å². The first-order valence-corrected chi connectivity index (χ1v) is 5.69. The molecule has 0 fully saturated rings. The molecule has 0 atom stereocenters. The van der Waals surface area contributed by atoms with Crippen molar-refractivity contribution in [2.75, 3.05) is 4.93 Å². The maximum atomic E-state index is 5.32. The monoisotopic (exact) mass is 235 g/mol. The van der Waals surface area contributed by atoms with Crippen molar-refractivity contribution in [1.29, 1.82) is 0 Å². The Kier molecular flexibility index (Phi) is 2.83. The predicted octanol–water partition coefficient (Wildman–Crippen LogP) is -1.30. The topological polar surface area (TPSA) is 9.23 Å². The van der Waals surface area contributed by atoms with E-state index in [4.69, 9.17) is 3.07 Å². The van der Waals surface area contributed by atoms with Crippen LogP contribution in [0.3, 0.4) is 0 Å². The maximum absolute atomic E-state index is 5.32. The summed E-state index contributed by atoms with van der Waals surface area (Å²) in [4.78, 5) is 2.09. The number of alkyl halides is 1. The Morgan fingerprint density at radius 1 is 1.22 bits per heavy atom. The van der Waals surface area contributed by atoms with Crippen molar-refractivity contribution < 1.29 is 24.7 Å². The molecule has 0 aromatic heterocycles. The molecule has 2 heteroatoms. The normalized spacial score (nSPS) is 9.44. The van der Waals surface area contributed by atoms with E-state index in [9.17, 15) is 0 Å². The average Bonchev–Trinajstić information content (AvgIpc) is 1.91. The van der Waals surface area contributed by atoms with Gasteiger partial charge in [-0.2, -0.15) is 0 Å². The van der Waals surface area contributed by atoms with Crippen molar-refractivity contribution in [3.05, 3.63) is 30.3 Å². The van der Waals surface area contributed by atoms with Gasteiger partial charge in [-0.25, -0.2) is 0 Å². The molecule has 0 aliphatic heterocycles. The third-order valence-electron chi connectivity index (χ3n) is 0.909. The van der Waals surface area contributed by atoms with E-state index in [1.807, 2.05) is 30.3 Å². The van der Waals surface area contributed by atoms with E-state index in [0.717, 1.165) is 5.75 Å². The second-order valence-corrected chi connectivity index (χ2v) is 2.87. The second kappa shape index (κ2) is 3.71. The van der Waals surface area contributed by atoms with Crippen LogP contribution in [0.25, 0.3) is 0 Å². The fraction of sp³-hybridized carbons (Fsp3) is 0.143. The Labute approximate surface area is 65.8 Å². The Hall–Kier alpha value is -0.250. The average molecular weight is 235 g/mol. The second-order valence-electron chi connectivity index (χ2n) is 1.54. The third-order valence-corrected chi connectivity index (χ3v) is 1.86. The fourth-order valence-electron chi connectivity index (χ4n) is 0.561. The van der Waals surface area contributed by atoms with Crippen molar-refractivity contribution in [2.45, 2.75) is 0 Å². The molecular weight excluding hydrogens is 227 g/mol. The summed E-state index contributed by atoms with van der Waals surface area (Å²) in [6, 6.07) is 9.90. The van der Waals surface area contributed by atoms with Crippen LogP contribution < -0.4 is 24.7 Å². The van der Waals surface area contributed by atoms with Gasteiger partial charge in [0.25, 0.3) is 0 Å². The molecule has 0 spiro atoms. The summed E-state index contributed by atoms with van der Waals surface area (Å²) in [5.41, 5.74) is 0. The van der Waals surface area contributed by atoms with E-state index >= 15 is 0 Å². The third kappa shape index (κ3) is 2.22. The molecular formula is C7H8IO-. The summed E-state index contributed by atoms with van der Waals surface area (Å²) >= 11 is -0.0712. The first-order chi connectivity index (χ1) is 4.43. The Balaban J connectivity index is 2.61. The van der Waals surface area contributed by atoms with Gasteiger partial charge in [-0.15, -0.1) is 0 Å². The molecule has 0 aliphatic carbocycles. The van der Waals surface area contributed by atoms with Crippen LogP contribution in [-0.4, -0.2) is 4.93 Å². The minimum absolute atomic E-state index is 0.0712. The Bertz CT molecular complexity index is 162. The van der Waals surface area contributed by atoms with Crippen LogP contribution in [0.1, 0.15) is 0 Å². The number of benzene rings is 1. The number of hydrogen-bond donors (Lipinski definition) is 0. The molecule has 0 saturated heterocycles. The molecule has 1 aromatic rings. The van der Waals surface area contributed by atoms with E-state index in [1.54, 1.807) is 0 Å². The molecule has 0 bridgehead atoms. The van der Waals surface area contributed by atoms with Gasteiger partial charge >= 0.3 is 65.7 Å². The van der Waals surface area contributed by atoms with Crippen molar-refractivity contribution in [3.63, 3.8) is 0 Å². The van der Waals surface area contributed by atoms with Crippen LogP contribution in [0.5, 0.6) is 5.75 Å². The van der Waals surface area contributed by atoms with E-state index in [-0.39, 0.29) is 21.6 Å². The SMILES string of the molecule is C[I-]Oc1ccccc1. The summed E-state index contributed by atoms with van der Waals surface area (Å²) in [5.74, 6) is 0.993. The van der Waals surface area contributed by atoms with Crippen LogP contribution in [-0.2, 0) is 0 Å². The molecule has 0 aliphatic rings. The summed E-state index contributed by atoms with van der Waals surface area (Å²) in [7, 11) is 0. The quantitative estimate of drug-likeness (QED) is 0.457. The zero-order chi connectivity index (χ0) is 6.53. The van der Waals surface area contributed by atoms with E-state index in [1.165, 1.54) is 0 Å². The van der Waals surface area contributed by atoms with Gasteiger partial charge in [0.05, 0.1) is 0 Å². The van der Waals surface area contributed by atoms with Gasteiger partial charge in [0.1, 0.15) is 0 Å². The van der Waals surface area contributed by atoms with Crippen molar-refractivity contribution in [2.24, 2.45) is 0 Å². The minimum atomic E-state index is -0.0712. The number of hydrogen-bond acceptors (Lipinski definition) is 1. The number of para-hydroxylation sites is 1. The number of rotatable bonds is 2. The van der Waals surface area contributed by atoms with Crippen LogP contribution in [0.4, 0.5) is 0 Å². The molecule has 50 valence electrons.